The van der Waals surface area contributed by atoms with Crippen molar-refractivity contribution in [2.45, 2.75) is 31.9 Å². The van der Waals surface area contributed by atoms with Crippen molar-refractivity contribution in [2.75, 3.05) is 13.2 Å². The van der Waals surface area contributed by atoms with Gasteiger partial charge < -0.3 is 10.1 Å². The third-order valence-corrected chi connectivity index (χ3v) is 1.84. The zero-order valence-electron chi connectivity index (χ0n) is 6.52. The molecular formula is C7H13F2NO. The Morgan fingerprint density at radius 1 is 1.55 bits per heavy atom. The number of nitrogens with one attached hydrogen (secondary N) is 1. The van der Waals surface area contributed by atoms with Gasteiger partial charge in [-0.3, -0.25) is 0 Å². The highest BCUT2D eigenvalue weighted by atomic mass is 19.3. The number of alkyl halides is 2. The van der Waals surface area contributed by atoms with Crippen molar-refractivity contribution in [2.24, 2.45) is 0 Å². The van der Waals surface area contributed by atoms with E-state index in [0.29, 0.717) is 6.61 Å². The second-order valence-corrected chi connectivity index (χ2v) is 2.77. The van der Waals surface area contributed by atoms with Gasteiger partial charge in [0.2, 0.25) is 0 Å². The van der Waals surface area contributed by atoms with E-state index in [-0.39, 0.29) is 6.04 Å². The summed E-state index contributed by atoms with van der Waals surface area (Å²) in [5.41, 5.74) is 0. The molecule has 0 bridgehead atoms. The second kappa shape index (κ2) is 3.97. The van der Waals surface area contributed by atoms with Gasteiger partial charge in [0.25, 0.3) is 6.43 Å². The van der Waals surface area contributed by atoms with Crippen molar-refractivity contribution in [3.05, 3.63) is 0 Å². The summed E-state index contributed by atoms with van der Waals surface area (Å²) < 4.78 is 29.3. The van der Waals surface area contributed by atoms with Crippen LogP contribution in [0.3, 0.4) is 0 Å². The summed E-state index contributed by atoms with van der Waals surface area (Å²) in [5, 5.41) is 2.97. The van der Waals surface area contributed by atoms with E-state index in [1.807, 2.05) is 0 Å². The molecule has 1 aliphatic heterocycles. The van der Waals surface area contributed by atoms with Crippen LogP contribution in [0.2, 0.25) is 0 Å². The Bertz CT molecular complexity index is 121. The van der Waals surface area contributed by atoms with Crippen molar-refractivity contribution in [1.82, 2.24) is 5.32 Å². The molecule has 0 aromatic carbocycles. The molecule has 4 heteroatoms. The molecule has 2 nitrogen and oxygen atoms in total. The van der Waals surface area contributed by atoms with Crippen molar-refractivity contribution in [1.29, 1.82) is 0 Å². The van der Waals surface area contributed by atoms with Gasteiger partial charge >= 0.3 is 0 Å². The molecule has 11 heavy (non-hydrogen) atoms. The predicted octanol–water partition coefficient (Wildman–Crippen LogP) is 1.02. The van der Waals surface area contributed by atoms with Crippen molar-refractivity contribution >= 4 is 0 Å². The van der Waals surface area contributed by atoms with E-state index in [0.717, 1.165) is 13.0 Å². The molecule has 2 atom stereocenters. The van der Waals surface area contributed by atoms with Gasteiger partial charge in [0.05, 0.1) is 0 Å². The maximum atomic E-state index is 12.2. The van der Waals surface area contributed by atoms with E-state index in [4.69, 9.17) is 4.74 Å². The second-order valence-electron chi connectivity index (χ2n) is 2.77. The van der Waals surface area contributed by atoms with Crippen LogP contribution < -0.4 is 5.32 Å². The highest BCUT2D eigenvalue weighted by Gasteiger charge is 2.28. The minimum Gasteiger partial charge on any atom is -0.371 e. The summed E-state index contributed by atoms with van der Waals surface area (Å²) in [6, 6.07) is -0.238. The Morgan fingerprint density at radius 2 is 2.27 bits per heavy atom. The van der Waals surface area contributed by atoms with Gasteiger partial charge in [-0.1, -0.05) is 0 Å². The summed E-state index contributed by atoms with van der Waals surface area (Å²) in [5.74, 6) is 0. The van der Waals surface area contributed by atoms with Crippen LogP contribution >= 0.6 is 0 Å². The van der Waals surface area contributed by atoms with Gasteiger partial charge in [-0.2, -0.15) is 0 Å². The molecule has 0 spiro atoms. The molecule has 0 amide bonds. The van der Waals surface area contributed by atoms with Gasteiger partial charge in [0.15, 0.2) is 0 Å². The normalized spacial score (nSPS) is 33.8. The fourth-order valence-electron chi connectivity index (χ4n) is 1.17. The average Bonchev–Trinajstić information content (AvgIpc) is 2.13. The summed E-state index contributed by atoms with van der Waals surface area (Å²) >= 11 is 0. The maximum Gasteiger partial charge on any atom is 0.265 e. The molecule has 1 N–H and O–H groups in total. The van der Waals surface area contributed by atoms with Gasteiger partial charge in [-0.25, -0.2) is 8.78 Å². The van der Waals surface area contributed by atoms with Gasteiger partial charge in [0.1, 0.15) is 6.10 Å². The number of hydrogen-bond donors (Lipinski definition) is 1. The smallest absolute Gasteiger partial charge is 0.265 e. The van der Waals surface area contributed by atoms with E-state index in [1.54, 1.807) is 6.92 Å². The average molecular weight is 165 g/mol. The zero-order valence-corrected chi connectivity index (χ0v) is 6.52. The van der Waals surface area contributed by atoms with Crippen molar-refractivity contribution in [3.63, 3.8) is 0 Å². The third-order valence-electron chi connectivity index (χ3n) is 1.84. The van der Waals surface area contributed by atoms with E-state index in [2.05, 4.69) is 5.32 Å². The molecule has 1 aliphatic rings. The van der Waals surface area contributed by atoms with E-state index < -0.39 is 12.5 Å². The highest BCUT2D eigenvalue weighted by molar-refractivity contribution is 4.77. The molecule has 1 rings (SSSR count). The summed E-state index contributed by atoms with van der Waals surface area (Å²) in [6.07, 6.45) is -2.50. The molecular weight excluding hydrogens is 152 g/mol. The first-order valence-corrected chi connectivity index (χ1v) is 3.85. The molecule has 1 fully saturated rings. The van der Waals surface area contributed by atoms with E-state index >= 15 is 0 Å². The Labute approximate surface area is 64.9 Å². The molecule has 1 heterocycles. The lowest BCUT2D eigenvalue weighted by atomic mass is 10.2. The monoisotopic (exact) mass is 165 g/mol. The van der Waals surface area contributed by atoms with Crippen LogP contribution in [0.15, 0.2) is 0 Å². The summed E-state index contributed by atoms with van der Waals surface area (Å²) in [7, 11) is 0. The van der Waals surface area contributed by atoms with Crippen LogP contribution in [0, 0.1) is 0 Å². The van der Waals surface area contributed by atoms with Crippen molar-refractivity contribution < 1.29 is 13.5 Å². The first kappa shape index (κ1) is 8.87. The van der Waals surface area contributed by atoms with Gasteiger partial charge in [-0.05, 0) is 19.9 Å². The Kier molecular flexibility index (Phi) is 3.20. The maximum absolute atomic E-state index is 12.2. The summed E-state index contributed by atoms with van der Waals surface area (Å²) in [4.78, 5) is 0. The number of halogens is 2. The van der Waals surface area contributed by atoms with E-state index in [9.17, 15) is 8.78 Å². The number of ether oxygens (including phenoxy) is 1. The Morgan fingerprint density at radius 3 is 2.91 bits per heavy atom. The minimum absolute atomic E-state index is 0.238. The molecule has 0 aliphatic carbocycles. The van der Waals surface area contributed by atoms with Crippen LogP contribution in [0.5, 0.6) is 0 Å². The molecule has 1 saturated heterocycles. The van der Waals surface area contributed by atoms with Crippen LogP contribution in [-0.4, -0.2) is 31.7 Å². The molecule has 0 aromatic heterocycles. The molecule has 66 valence electrons. The SMILES string of the molecule is CC1NCCCOC1C(F)F. The lowest BCUT2D eigenvalue weighted by molar-refractivity contribution is -0.0615. The highest BCUT2D eigenvalue weighted by Crippen LogP contribution is 2.12. The standard InChI is InChI=1S/C7H13F2NO/c1-5-6(7(8)9)11-4-2-3-10-5/h5-7,10H,2-4H2,1H3. The van der Waals surface area contributed by atoms with Gasteiger partial charge in [0, 0.05) is 12.6 Å². The molecule has 0 saturated carbocycles. The first-order valence-electron chi connectivity index (χ1n) is 3.85. The fraction of sp³-hybridized carbons (Fsp3) is 1.00. The third kappa shape index (κ3) is 2.38. The van der Waals surface area contributed by atoms with Crippen molar-refractivity contribution in [3.8, 4) is 0 Å². The number of rotatable bonds is 1. The summed E-state index contributed by atoms with van der Waals surface area (Å²) in [6.45, 7) is 2.93. The lowest BCUT2D eigenvalue weighted by Crippen LogP contribution is -2.41. The van der Waals surface area contributed by atoms with Crippen LogP contribution in [0.25, 0.3) is 0 Å². The Hall–Kier alpha value is -0.220. The molecule has 0 aromatic rings. The predicted molar refractivity (Wildman–Crippen MR) is 37.8 cm³/mol. The largest absolute Gasteiger partial charge is 0.371 e. The van der Waals surface area contributed by atoms with Crippen LogP contribution in [0.4, 0.5) is 8.78 Å². The quantitative estimate of drug-likeness (QED) is 0.626. The van der Waals surface area contributed by atoms with Gasteiger partial charge in [-0.15, -0.1) is 0 Å². The zero-order chi connectivity index (χ0) is 8.27. The van der Waals surface area contributed by atoms with Crippen LogP contribution in [-0.2, 0) is 4.74 Å². The van der Waals surface area contributed by atoms with E-state index in [1.165, 1.54) is 0 Å². The van der Waals surface area contributed by atoms with Crippen LogP contribution in [0.1, 0.15) is 13.3 Å². The minimum atomic E-state index is -2.38. The lowest BCUT2D eigenvalue weighted by Gasteiger charge is -2.20. The first-order chi connectivity index (χ1) is 5.22. The Balaban J connectivity index is 2.45. The number of hydrogen-bond acceptors (Lipinski definition) is 2. The molecule has 2 unspecified atom stereocenters. The fourth-order valence-corrected chi connectivity index (χ4v) is 1.17. The molecule has 0 radical (unpaired) electrons. The topological polar surface area (TPSA) is 21.3 Å².